The summed E-state index contributed by atoms with van der Waals surface area (Å²) >= 11 is 1.51. The predicted molar refractivity (Wildman–Crippen MR) is 78.6 cm³/mol. The molecule has 1 atom stereocenters. The van der Waals surface area contributed by atoms with Crippen molar-refractivity contribution >= 4 is 23.0 Å². The molecule has 110 valence electrons. The van der Waals surface area contributed by atoms with Gasteiger partial charge >= 0.3 is 6.09 Å². The minimum Gasteiger partial charge on any atom is -0.444 e. The largest absolute Gasteiger partial charge is 0.444 e. The predicted octanol–water partition coefficient (Wildman–Crippen LogP) is 2.45. The van der Waals surface area contributed by atoms with E-state index in [1.165, 1.54) is 16.2 Å². The third-order valence-electron chi connectivity index (χ3n) is 2.94. The van der Waals surface area contributed by atoms with E-state index in [2.05, 4.69) is 4.98 Å². The molecule has 1 aromatic rings. The summed E-state index contributed by atoms with van der Waals surface area (Å²) in [4.78, 5) is 18.7. The Labute approximate surface area is 122 Å². The standard InChI is InChI=1S/C14H20N2O3S/c1-9-12(20-8-15-9)10-5-6-16(7-11(10)17)13(18)19-14(2,3)4/h5,8,11,17H,6-7H2,1-4H3. The number of hydrogen-bond acceptors (Lipinski definition) is 5. The molecule has 1 aliphatic rings. The molecule has 0 saturated heterocycles. The van der Waals surface area contributed by atoms with Crippen LogP contribution in [0, 0.1) is 6.92 Å². The molecule has 0 aromatic carbocycles. The maximum Gasteiger partial charge on any atom is 0.410 e. The molecule has 1 N–H and O–H groups in total. The van der Waals surface area contributed by atoms with Gasteiger partial charge in [0.2, 0.25) is 0 Å². The number of aryl methyl sites for hydroxylation is 1. The Morgan fingerprint density at radius 2 is 2.25 bits per heavy atom. The second-order valence-corrected chi connectivity index (χ2v) is 6.68. The van der Waals surface area contributed by atoms with Crippen molar-refractivity contribution in [3.8, 4) is 0 Å². The lowest BCUT2D eigenvalue weighted by Gasteiger charge is -2.32. The summed E-state index contributed by atoms with van der Waals surface area (Å²) in [6.45, 7) is 8.09. The van der Waals surface area contributed by atoms with Crippen molar-refractivity contribution in [2.24, 2.45) is 0 Å². The Morgan fingerprint density at radius 1 is 1.55 bits per heavy atom. The summed E-state index contributed by atoms with van der Waals surface area (Å²) < 4.78 is 5.31. The van der Waals surface area contributed by atoms with E-state index in [0.717, 1.165) is 16.1 Å². The highest BCUT2D eigenvalue weighted by Gasteiger charge is 2.29. The highest BCUT2D eigenvalue weighted by atomic mass is 32.1. The fraction of sp³-hybridized carbons (Fsp3) is 0.571. The molecule has 6 heteroatoms. The fourth-order valence-corrected chi connectivity index (χ4v) is 2.92. The van der Waals surface area contributed by atoms with Crippen LogP contribution in [0.25, 0.3) is 5.57 Å². The van der Waals surface area contributed by atoms with Crippen LogP contribution in [-0.4, -0.2) is 45.9 Å². The van der Waals surface area contributed by atoms with Gasteiger partial charge in [-0.3, -0.25) is 0 Å². The van der Waals surface area contributed by atoms with Crippen molar-refractivity contribution in [2.75, 3.05) is 13.1 Å². The number of β-amino-alcohol motifs (C(OH)–C–C–N with tert-alkyl or cyclic N) is 1. The summed E-state index contributed by atoms with van der Waals surface area (Å²) in [5, 5.41) is 10.2. The molecule has 2 rings (SSSR count). The molecule has 0 fully saturated rings. The average molecular weight is 296 g/mol. The van der Waals surface area contributed by atoms with Gasteiger partial charge in [-0.05, 0) is 33.3 Å². The normalized spacial score (nSPS) is 19.8. The lowest BCUT2D eigenvalue weighted by atomic mass is 10.0. The molecule has 1 amide bonds. The molecule has 0 bridgehead atoms. The van der Waals surface area contributed by atoms with Gasteiger partial charge in [-0.25, -0.2) is 9.78 Å². The monoisotopic (exact) mass is 296 g/mol. The number of carbonyl (C=O) groups is 1. The number of aliphatic hydroxyl groups excluding tert-OH is 1. The molecule has 20 heavy (non-hydrogen) atoms. The van der Waals surface area contributed by atoms with Gasteiger partial charge in [-0.15, -0.1) is 11.3 Å². The first-order valence-electron chi connectivity index (χ1n) is 6.54. The van der Waals surface area contributed by atoms with E-state index in [-0.39, 0.29) is 6.54 Å². The van der Waals surface area contributed by atoms with Gasteiger partial charge in [-0.1, -0.05) is 6.08 Å². The van der Waals surface area contributed by atoms with Crippen molar-refractivity contribution in [3.63, 3.8) is 0 Å². The van der Waals surface area contributed by atoms with E-state index in [1.807, 2.05) is 33.8 Å². The zero-order valence-corrected chi connectivity index (χ0v) is 13.0. The second-order valence-electron chi connectivity index (χ2n) is 5.83. The van der Waals surface area contributed by atoms with Crippen LogP contribution in [0.15, 0.2) is 11.6 Å². The Kier molecular flexibility index (Phi) is 4.15. The van der Waals surface area contributed by atoms with E-state index in [0.29, 0.717) is 6.54 Å². The van der Waals surface area contributed by atoms with Crippen LogP contribution in [0.4, 0.5) is 4.79 Å². The minimum atomic E-state index is -0.699. The van der Waals surface area contributed by atoms with Crippen LogP contribution in [0.5, 0.6) is 0 Å². The topological polar surface area (TPSA) is 62.7 Å². The first-order chi connectivity index (χ1) is 9.28. The van der Waals surface area contributed by atoms with Gasteiger partial charge < -0.3 is 14.7 Å². The van der Waals surface area contributed by atoms with Crippen LogP contribution < -0.4 is 0 Å². The number of thiazole rings is 1. The molecule has 1 aromatic heterocycles. The van der Waals surface area contributed by atoms with Gasteiger partial charge in [0.1, 0.15) is 5.60 Å². The van der Waals surface area contributed by atoms with Gasteiger partial charge in [0.25, 0.3) is 0 Å². The number of rotatable bonds is 1. The lowest BCUT2D eigenvalue weighted by Crippen LogP contribution is -2.43. The Morgan fingerprint density at radius 3 is 2.75 bits per heavy atom. The van der Waals surface area contributed by atoms with Crippen molar-refractivity contribution < 1.29 is 14.6 Å². The summed E-state index contributed by atoms with van der Waals surface area (Å²) in [6.07, 6.45) is 0.779. The summed E-state index contributed by atoms with van der Waals surface area (Å²) in [5.74, 6) is 0. The number of aliphatic hydroxyl groups is 1. The van der Waals surface area contributed by atoms with E-state index >= 15 is 0 Å². The van der Waals surface area contributed by atoms with Crippen molar-refractivity contribution in [1.29, 1.82) is 0 Å². The number of aromatic nitrogens is 1. The molecule has 0 radical (unpaired) electrons. The highest BCUT2D eigenvalue weighted by molar-refractivity contribution is 7.11. The van der Waals surface area contributed by atoms with Gasteiger partial charge in [0.15, 0.2) is 0 Å². The van der Waals surface area contributed by atoms with Crippen LogP contribution in [0.1, 0.15) is 31.3 Å². The number of carbonyl (C=O) groups excluding carboxylic acids is 1. The first kappa shape index (κ1) is 15.0. The number of ether oxygens (including phenoxy) is 1. The number of hydrogen-bond donors (Lipinski definition) is 1. The zero-order valence-electron chi connectivity index (χ0n) is 12.2. The summed E-state index contributed by atoms with van der Waals surface area (Å²) in [7, 11) is 0. The van der Waals surface area contributed by atoms with Crippen LogP contribution >= 0.6 is 11.3 Å². The summed E-state index contributed by atoms with van der Waals surface area (Å²) in [6, 6.07) is 0. The molecule has 1 unspecified atom stereocenters. The average Bonchev–Trinajstić information content (AvgIpc) is 2.73. The van der Waals surface area contributed by atoms with Crippen LogP contribution in [-0.2, 0) is 4.74 Å². The SMILES string of the molecule is Cc1ncsc1C1=CCN(C(=O)OC(C)(C)C)CC1O. The van der Waals surface area contributed by atoms with Gasteiger partial charge in [0, 0.05) is 6.54 Å². The molecule has 0 aliphatic carbocycles. The zero-order chi connectivity index (χ0) is 14.9. The molecular weight excluding hydrogens is 276 g/mol. The molecule has 1 aliphatic heterocycles. The smallest absolute Gasteiger partial charge is 0.410 e. The van der Waals surface area contributed by atoms with E-state index in [4.69, 9.17) is 4.74 Å². The maximum absolute atomic E-state index is 12.0. The molecule has 0 saturated carbocycles. The Balaban J connectivity index is 2.10. The Hall–Kier alpha value is -1.40. The van der Waals surface area contributed by atoms with E-state index in [9.17, 15) is 9.90 Å². The van der Waals surface area contributed by atoms with Crippen molar-refractivity contribution in [3.05, 3.63) is 22.2 Å². The minimum absolute atomic E-state index is 0.248. The van der Waals surface area contributed by atoms with Crippen molar-refractivity contribution in [1.82, 2.24) is 9.88 Å². The first-order valence-corrected chi connectivity index (χ1v) is 7.42. The third kappa shape index (κ3) is 3.37. The molecular formula is C14H20N2O3S. The maximum atomic E-state index is 12.0. The van der Waals surface area contributed by atoms with Gasteiger partial charge in [-0.2, -0.15) is 0 Å². The van der Waals surface area contributed by atoms with Gasteiger partial charge in [0.05, 0.1) is 28.7 Å². The van der Waals surface area contributed by atoms with Crippen LogP contribution in [0.2, 0.25) is 0 Å². The second kappa shape index (κ2) is 5.54. The third-order valence-corrected chi connectivity index (χ3v) is 3.92. The Bertz CT molecular complexity index is 531. The molecule has 2 heterocycles. The summed E-state index contributed by atoms with van der Waals surface area (Å²) in [5.41, 5.74) is 2.99. The quantitative estimate of drug-likeness (QED) is 0.864. The van der Waals surface area contributed by atoms with Crippen molar-refractivity contribution in [2.45, 2.75) is 39.4 Å². The van der Waals surface area contributed by atoms with E-state index < -0.39 is 17.8 Å². The van der Waals surface area contributed by atoms with Crippen LogP contribution in [0.3, 0.4) is 0 Å². The fourth-order valence-electron chi connectivity index (χ4n) is 2.02. The lowest BCUT2D eigenvalue weighted by molar-refractivity contribution is 0.0199. The van der Waals surface area contributed by atoms with E-state index in [1.54, 1.807) is 5.51 Å². The molecule has 5 nitrogen and oxygen atoms in total. The number of amides is 1. The number of nitrogens with zero attached hydrogens (tertiary/aromatic N) is 2. The highest BCUT2D eigenvalue weighted by Crippen LogP contribution is 2.28. The molecule has 0 spiro atoms.